The summed E-state index contributed by atoms with van der Waals surface area (Å²) in [6.45, 7) is 3.57. The predicted molar refractivity (Wildman–Crippen MR) is 118 cm³/mol. The molecule has 6 heteroatoms. The minimum Gasteiger partial charge on any atom is -0.363 e. The summed E-state index contributed by atoms with van der Waals surface area (Å²) in [6.07, 6.45) is 0. The minimum atomic E-state index is 0.571. The van der Waals surface area contributed by atoms with Gasteiger partial charge < -0.3 is 4.90 Å². The molecule has 4 aromatic rings. The van der Waals surface area contributed by atoms with E-state index in [0.717, 1.165) is 29.5 Å². The maximum Gasteiger partial charge on any atom is 0.251 e. The lowest BCUT2D eigenvalue weighted by Gasteiger charge is -2.25. The Hall–Kier alpha value is -3.38. The van der Waals surface area contributed by atoms with Crippen LogP contribution in [0.1, 0.15) is 16.1 Å². The number of nitrogens with zero attached hydrogens (tertiary/aromatic N) is 5. The molecule has 0 radical (unpaired) electrons. The largest absolute Gasteiger partial charge is 0.363 e. The van der Waals surface area contributed by atoms with Crippen molar-refractivity contribution < 1.29 is 0 Å². The molecule has 0 atom stereocenters. The van der Waals surface area contributed by atoms with Crippen LogP contribution in [0.2, 0.25) is 0 Å². The standard InChI is InChI=1S/C23H21N5S/c1-18-24-26-23(29-18)27-25-21-12-14-22(15-13-21)28(16-19-8-4-2-5-9-19)17-20-10-6-3-7-11-20/h2-15H,16-17H2,1H3. The molecule has 0 aliphatic heterocycles. The summed E-state index contributed by atoms with van der Waals surface area (Å²) in [7, 11) is 0. The van der Waals surface area contributed by atoms with Crippen LogP contribution in [0.5, 0.6) is 0 Å². The molecule has 0 bridgehead atoms. The first-order chi connectivity index (χ1) is 14.3. The smallest absolute Gasteiger partial charge is 0.251 e. The van der Waals surface area contributed by atoms with Gasteiger partial charge >= 0.3 is 0 Å². The van der Waals surface area contributed by atoms with E-state index in [1.165, 1.54) is 22.5 Å². The van der Waals surface area contributed by atoms with E-state index in [2.05, 4.69) is 86.0 Å². The van der Waals surface area contributed by atoms with Gasteiger partial charge in [-0.05, 0) is 42.3 Å². The number of anilines is 1. The molecule has 29 heavy (non-hydrogen) atoms. The zero-order valence-electron chi connectivity index (χ0n) is 16.1. The molecule has 0 fully saturated rings. The van der Waals surface area contributed by atoms with Gasteiger partial charge in [-0.1, -0.05) is 72.0 Å². The molecule has 0 aliphatic carbocycles. The number of azo groups is 1. The van der Waals surface area contributed by atoms with Gasteiger partial charge in [0.25, 0.3) is 5.13 Å². The van der Waals surface area contributed by atoms with Gasteiger partial charge in [-0.15, -0.1) is 20.4 Å². The van der Waals surface area contributed by atoms with Gasteiger partial charge in [0.05, 0.1) is 5.69 Å². The molecule has 0 saturated carbocycles. The molecule has 1 aromatic heterocycles. The van der Waals surface area contributed by atoms with E-state index < -0.39 is 0 Å². The third-order valence-corrected chi connectivity index (χ3v) is 5.14. The van der Waals surface area contributed by atoms with E-state index >= 15 is 0 Å². The lowest BCUT2D eigenvalue weighted by atomic mass is 10.1. The average Bonchev–Trinajstić information content (AvgIpc) is 3.19. The van der Waals surface area contributed by atoms with Gasteiger partial charge in [-0.25, -0.2) is 0 Å². The summed E-state index contributed by atoms with van der Waals surface area (Å²) in [4.78, 5) is 2.36. The van der Waals surface area contributed by atoms with Crippen molar-refractivity contribution in [3.05, 3.63) is 101 Å². The quantitative estimate of drug-likeness (QED) is 0.335. The van der Waals surface area contributed by atoms with Gasteiger partial charge in [0.15, 0.2) is 0 Å². The summed E-state index contributed by atoms with van der Waals surface area (Å²) >= 11 is 1.43. The molecule has 0 spiro atoms. The lowest BCUT2D eigenvalue weighted by Crippen LogP contribution is -2.21. The zero-order chi connectivity index (χ0) is 19.9. The first-order valence-electron chi connectivity index (χ1n) is 9.41. The minimum absolute atomic E-state index is 0.571. The number of aryl methyl sites for hydroxylation is 1. The fourth-order valence-electron chi connectivity index (χ4n) is 3.00. The van der Waals surface area contributed by atoms with Crippen LogP contribution in [0.4, 0.5) is 16.5 Å². The summed E-state index contributed by atoms with van der Waals surface area (Å²) in [5.74, 6) is 0. The van der Waals surface area contributed by atoms with Crippen LogP contribution >= 0.6 is 11.3 Å². The van der Waals surface area contributed by atoms with Crippen LogP contribution in [0.25, 0.3) is 0 Å². The Labute approximate surface area is 174 Å². The van der Waals surface area contributed by atoms with Crippen molar-refractivity contribution in [1.29, 1.82) is 0 Å². The van der Waals surface area contributed by atoms with Crippen LogP contribution in [0.3, 0.4) is 0 Å². The van der Waals surface area contributed by atoms with Crippen LogP contribution in [0, 0.1) is 6.92 Å². The Kier molecular flexibility index (Phi) is 6.02. The van der Waals surface area contributed by atoms with Crippen LogP contribution in [-0.4, -0.2) is 10.2 Å². The second-order valence-electron chi connectivity index (χ2n) is 6.65. The number of benzene rings is 3. The molecule has 0 N–H and O–H groups in total. The number of aromatic nitrogens is 2. The van der Waals surface area contributed by atoms with Gasteiger partial charge in [0, 0.05) is 18.8 Å². The maximum absolute atomic E-state index is 4.27. The molecule has 144 valence electrons. The second-order valence-corrected chi connectivity index (χ2v) is 7.81. The molecular formula is C23H21N5S. The molecule has 1 heterocycles. The fourth-order valence-corrected chi connectivity index (χ4v) is 3.51. The van der Waals surface area contributed by atoms with Gasteiger partial charge in [0.2, 0.25) is 0 Å². The highest BCUT2D eigenvalue weighted by Crippen LogP contribution is 2.26. The van der Waals surface area contributed by atoms with Crippen molar-refractivity contribution in [2.24, 2.45) is 10.2 Å². The molecule has 3 aromatic carbocycles. The molecular weight excluding hydrogens is 378 g/mol. The van der Waals surface area contributed by atoms with Gasteiger partial charge in [-0.2, -0.15) is 0 Å². The van der Waals surface area contributed by atoms with Crippen molar-refractivity contribution >= 4 is 27.8 Å². The van der Waals surface area contributed by atoms with Crippen molar-refractivity contribution in [3.63, 3.8) is 0 Å². The Bertz CT molecular complexity index is 1020. The van der Waals surface area contributed by atoms with E-state index in [4.69, 9.17) is 0 Å². The highest BCUT2D eigenvalue weighted by molar-refractivity contribution is 7.14. The number of rotatable bonds is 7. The monoisotopic (exact) mass is 399 g/mol. The van der Waals surface area contributed by atoms with E-state index in [9.17, 15) is 0 Å². The summed E-state index contributed by atoms with van der Waals surface area (Å²) in [5.41, 5.74) is 4.49. The van der Waals surface area contributed by atoms with E-state index in [0.29, 0.717) is 5.13 Å². The van der Waals surface area contributed by atoms with E-state index in [-0.39, 0.29) is 0 Å². The summed E-state index contributed by atoms with van der Waals surface area (Å²) < 4.78 is 0. The first kappa shape index (κ1) is 19.0. The van der Waals surface area contributed by atoms with Gasteiger partial charge in [0.1, 0.15) is 5.01 Å². The van der Waals surface area contributed by atoms with Crippen molar-refractivity contribution in [2.75, 3.05) is 4.90 Å². The topological polar surface area (TPSA) is 53.7 Å². The highest BCUT2D eigenvalue weighted by Gasteiger charge is 2.09. The predicted octanol–water partition coefficient (Wildman–Crippen LogP) is 6.47. The summed E-state index contributed by atoms with van der Waals surface area (Å²) in [6, 6.07) is 29.2. The Morgan fingerprint density at radius 2 is 1.31 bits per heavy atom. The third kappa shape index (κ3) is 5.33. The molecule has 5 nitrogen and oxygen atoms in total. The normalized spacial score (nSPS) is 11.1. The maximum atomic E-state index is 4.27. The highest BCUT2D eigenvalue weighted by atomic mass is 32.1. The molecule has 0 saturated heterocycles. The average molecular weight is 400 g/mol. The zero-order valence-corrected chi connectivity index (χ0v) is 17.0. The molecule has 0 aliphatic rings. The Morgan fingerprint density at radius 1 is 0.724 bits per heavy atom. The van der Waals surface area contributed by atoms with Gasteiger partial charge in [-0.3, -0.25) is 0 Å². The van der Waals surface area contributed by atoms with Crippen LogP contribution < -0.4 is 4.90 Å². The van der Waals surface area contributed by atoms with Crippen molar-refractivity contribution in [1.82, 2.24) is 10.2 Å². The Balaban J connectivity index is 1.54. The summed E-state index contributed by atoms with van der Waals surface area (Å²) in [5, 5.41) is 17.8. The second kappa shape index (κ2) is 9.21. The SMILES string of the molecule is Cc1nnc(N=Nc2ccc(N(Cc3ccccc3)Cc3ccccc3)cc2)s1. The van der Waals surface area contributed by atoms with Crippen molar-refractivity contribution in [3.8, 4) is 0 Å². The number of hydrogen-bond donors (Lipinski definition) is 0. The van der Waals surface area contributed by atoms with E-state index in [1.54, 1.807) is 0 Å². The molecule has 4 rings (SSSR count). The van der Waals surface area contributed by atoms with Crippen molar-refractivity contribution in [2.45, 2.75) is 20.0 Å². The number of hydrogen-bond acceptors (Lipinski definition) is 6. The van der Waals surface area contributed by atoms with E-state index in [1.807, 2.05) is 31.2 Å². The van der Waals surface area contributed by atoms with Crippen LogP contribution in [-0.2, 0) is 13.1 Å². The van der Waals surface area contributed by atoms with Crippen LogP contribution in [0.15, 0.2) is 95.2 Å². The first-order valence-corrected chi connectivity index (χ1v) is 10.2. The third-order valence-electron chi connectivity index (χ3n) is 4.41. The lowest BCUT2D eigenvalue weighted by molar-refractivity contribution is 0.800. The Morgan fingerprint density at radius 3 is 1.83 bits per heavy atom. The molecule has 0 amide bonds. The molecule has 0 unspecified atom stereocenters. The fraction of sp³-hybridized carbons (Fsp3) is 0.130.